The number of nitrogen functional groups attached to an aromatic ring is 1. The third-order valence-electron chi connectivity index (χ3n) is 4.77. The number of hydrogen-bond donors (Lipinski definition) is 1. The van der Waals surface area contributed by atoms with Gasteiger partial charge < -0.3 is 5.73 Å². The van der Waals surface area contributed by atoms with E-state index in [1.807, 2.05) is 4.68 Å². The Bertz CT molecular complexity index is 653. The Labute approximate surface area is 116 Å². The van der Waals surface area contributed by atoms with Crippen molar-refractivity contribution in [1.29, 1.82) is 0 Å². The van der Waals surface area contributed by atoms with E-state index in [2.05, 4.69) is 15.5 Å². The Morgan fingerprint density at radius 3 is 2.85 bits per heavy atom. The molecule has 0 aliphatic heterocycles. The fourth-order valence-corrected chi connectivity index (χ4v) is 3.78. The van der Waals surface area contributed by atoms with Gasteiger partial charge in [-0.2, -0.15) is 0 Å². The van der Waals surface area contributed by atoms with E-state index in [9.17, 15) is 4.39 Å². The molecule has 5 nitrogen and oxygen atoms in total. The normalized spacial score (nSPS) is 28.1. The zero-order valence-corrected chi connectivity index (χ0v) is 11.0. The number of fused-ring (bicyclic) bond motifs is 2. The maximum atomic E-state index is 13.6. The van der Waals surface area contributed by atoms with E-state index in [0.717, 1.165) is 12.3 Å². The van der Waals surface area contributed by atoms with Gasteiger partial charge in [0.15, 0.2) is 5.82 Å². The number of rotatable bonds is 2. The highest BCUT2D eigenvalue weighted by atomic mass is 19.1. The van der Waals surface area contributed by atoms with Crippen LogP contribution in [0.4, 0.5) is 10.1 Å². The zero-order chi connectivity index (χ0) is 13.7. The second-order valence-electron chi connectivity index (χ2n) is 5.93. The van der Waals surface area contributed by atoms with Crippen LogP contribution in [-0.4, -0.2) is 20.2 Å². The molecule has 104 valence electrons. The molecule has 1 aromatic carbocycles. The van der Waals surface area contributed by atoms with Crippen LogP contribution in [0.15, 0.2) is 18.2 Å². The van der Waals surface area contributed by atoms with Crippen LogP contribution in [0.1, 0.15) is 31.7 Å². The average molecular weight is 273 g/mol. The Morgan fingerprint density at radius 1 is 1.25 bits per heavy atom. The largest absolute Gasteiger partial charge is 0.396 e. The lowest BCUT2D eigenvalue weighted by atomic mass is 9.95. The Balaban J connectivity index is 1.73. The Morgan fingerprint density at radius 2 is 2.15 bits per heavy atom. The van der Waals surface area contributed by atoms with E-state index in [1.54, 1.807) is 12.1 Å². The fourth-order valence-electron chi connectivity index (χ4n) is 3.78. The summed E-state index contributed by atoms with van der Waals surface area (Å²) in [4.78, 5) is 0. The maximum absolute atomic E-state index is 13.6. The number of nitrogens with zero attached hydrogens (tertiary/aromatic N) is 4. The molecule has 2 aliphatic carbocycles. The minimum atomic E-state index is -0.426. The van der Waals surface area contributed by atoms with Crippen molar-refractivity contribution >= 4 is 5.69 Å². The monoisotopic (exact) mass is 273 g/mol. The summed E-state index contributed by atoms with van der Waals surface area (Å²) in [6.45, 7) is 0. The predicted molar refractivity (Wildman–Crippen MR) is 72.1 cm³/mol. The average Bonchev–Trinajstić information content (AvgIpc) is 3.16. The van der Waals surface area contributed by atoms with Crippen LogP contribution in [0.2, 0.25) is 0 Å². The standard InChI is InChI=1S/C14H16FN5/c15-11-7-10(3-4-12(11)16)14-17-18-19-20(14)13-6-8-1-2-9(13)5-8/h3-4,7-9,13H,1-2,5-6,16H2. The molecule has 1 aromatic heterocycles. The maximum Gasteiger partial charge on any atom is 0.182 e. The highest BCUT2D eigenvalue weighted by Crippen LogP contribution is 2.51. The molecule has 2 saturated carbocycles. The molecular weight excluding hydrogens is 257 g/mol. The quantitative estimate of drug-likeness (QED) is 0.853. The second-order valence-corrected chi connectivity index (χ2v) is 5.93. The van der Waals surface area contributed by atoms with Crippen molar-refractivity contribution in [1.82, 2.24) is 20.2 Å². The molecule has 3 atom stereocenters. The van der Waals surface area contributed by atoms with E-state index in [1.165, 1.54) is 25.3 Å². The lowest BCUT2D eigenvalue weighted by molar-refractivity contribution is 0.304. The second kappa shape index (κ2) is 4.26. The van der Waals surface area contributed by atoms with Crippen molar-refractivity contribution in [2.24, 2.45) is 11.8 Å². The first-order valence-corrected chi connectivity index (χ1v) is 7.05. The number of anilines is 1. The lowest BCUT2D eigenvalue weighted by Gasteiger charge is -2.22. The van der Waals surface area contributed by atoms with Gasteiger partial charge in [-0.1, -0.05) is 6.42 Å². The number of benzene rings is 1. The molecule has 6 heteroatoms. The zero-order valence-electron chi connectivity index (χ0n) is 11.0. The molecule has 0 saturated heterocycles. The third-order valence-corrected chi connectivity index (χ3v) is 4.77. The minimum Gasteiger partial charge on any atom is -0.396 e. The van der Waals surface area contributed by atoms with Crippen molar-refractivity contribution in [3.63, 3.8) is 0 Å². The van der Waals surface area contributed by atoms with Gasteiger partial charge in [-0.15, -0.1) is 5.10 Å². The molecule has 4 rings (SSSR count). The molecule has 1 heterocycles. The summed E-state index contributed by atoms with van der Waals surface area (Å²) in [5.41, 5.74) is 6.35. The molecule has 2 aromatic rings. The number of halogens is 1. The van der Waals surface area contributed by atoms with Gasteiger partial charge in [-0.05, 0) is 59.7 Å². The van der Waals surface area contributed by atoms with Crippen molar-refractivity contribution in [3.05, 3.63) is 24.0 Å². The lowest BCUT2D eigenvalue weighted by Crippen LogP contribution is -2.18. The summed E-state index contributed by atoms with van der Waals surface area (Å²) in [5.74, 6) is 1.69. The number of nitrogens with two attached hydrogens (primary N) is 1. The molecule has 0 amide bonds. The van der Waals surface area contributed by atoms with Crippen LogP contribution in [0.5, 0.6) is 0 Å². The molecular formula is C14H16FN5. The van der Waals surface area contributed by atoms with Gasteiger partial charge in [-0.3, -0.25) is 0 Å². The van der Waals surface area contributed by atoms with Crippen molar-refractivity contribution in [3.8, 4) is 11.4 Å². The van der Waals surface area contributed by atoms with E-state index in [0.29, 0.717) is 23.3 Å². The van der Waals surface area contributed by atoms with E-state index < -0.39 is 5.82 Å². The van der Waals surface area contributed by atoms with Crippen LogP contribution in [0.25, 0.3) is 11.4 Å². The Hall–Kier alpha value is -1.98. The van der Waals surface area contributed by atoms with Gasteiger partial charge >= 0.3 is 0 Å². The minimum absolute atomic E-state index is 0.146. The first kappa shape index (κ1) is 11.8. The predicted octanol–water partition coefficient (Wildman–Crippen LogP) is 2.42. The Kier molecular flexibility index (Phi) is 2.52. The summed E-state index contributed by atoms with van der Waals surface area (Å²) in [5, 5.41) is 12.0. The van der Waals surface area contributed by atoms with Crippen LogP contribution < -0.4 is 5.73 Å². The smallest absolute Gasteiger partial charge is 0.182 e. The van der Waals surface area contributed by atoms with E-state index in [4.69, 9.17) is 5.73 Å². The van der Waals surface area contributed by atoms with Crippen LogP contribution in [-0.2, 0) is 0 Å². The molecule has 2 aliphatic rings. The molecule has 0 spiro atoms. The fraction of sp³-hybridized carbons (Fsp3) is 0.500. The van der Waals surface area contributed by atoms with Crippen LogP contribution >= 0.6 is 0 Å². The highest BCUT2D eigenvalue weighted by molar-refractivity contribution is 5.59. The molecule has 0 radical (unpaired) electrons. The molecule has 3 unspecified atom stereocenters. The first-order chi connectivity index (χ1) is 9.72. The van der Waals surface area contributed by atoms with Gasteiger partial charge in [0.2, 0.25) is 0 Å². The highest BCUT2D eigenvalue weighted by Gasteiger charge is 2.42. The summed E-state index contributed by atoms with van der Waals surface area (Å²) in [6, 6.07) is 5.10. The van der Waals surface area contributed by atoms with Gasteiger partial charge in [0.05, 0.1) is 11.7 Å². The van der Waals surface area contributed by atoms with Gasteiger partial charge in [0.1, 0.15) is 5.82 Å². The number of aromatic nitrogens is 4. The topological polar surface area (TPSA) is 69.6 Å². The van der Waals surface area contributed by atoms with Crippen LogP contribution in [0.3, 0.4) is 0 Å². The third kappa shape index (κ3) is 1.71. The number of hydrogen-bond acceptors (Lipinski definition) is 4. The van der Waals surface area contributed by atoms with E-state index in [-0.39, 0.29) is 5.69 Å². The summed E-state index contributed by atoms with van der Waals surface area (Å²) in [7, 11) is 0. The van der Waals surface area contributed by atoms with Gasteiger partial charge in [0, 0.05) is 5.56 Å². The molecule has 20 heavy (non-hydrogen) atoms. The molecule has 2 bridgehead atoms. The van der Waals surface area contributed by atoms with Crippen molar-refractivity contribution in [2.45, 2.75) is 31.7 Å². The van der Waals surface area contributed by atoms with Gasteiger partial charge in [0.25, 0.3) is 0 Å². The molecule has 2 fully saturated rings. The molecule has 2 N–H and O–H groups in total. The summed E-state index contributed by atoms with van der Waals surface area (Å²) >= 11 is 0. The van der Waals surface area contributed by atoms with Crippen molar-refractivity contribution < 1.29 is 4.39 Å². The SMILES string of the molecule is Nc1ccc(-c2nnnn2C2CC3CCC2C3)cc1F. The number of tetrazole rings is 1. The van der Waals surface area contributed by atoms with Crippen LogP contribution in [0, 0.1) is 17.7 Å². The first-order valence-electron chi connectivity index (χ1n) is 7.05. The van der Waals surface area contributed by atoms with Gasteiger partial charge in [-0.25, -0.2) is 9.07 Å². The van der Waals surface area contributed by atoms with E-state index >= 15 is 0 Å². The van der Waals surface area contributed by atoms with Crippen molar-refractivity contribution in [2.75, 3.05) is 5.73 Å². The summed E-state index contributed by atoms with van der Waals surface area (Å²) < 4.78 is 15.5. The summed E-state index contributed by atoms with van der Waals surface area (Å²) in [6.07, 6.45) is 5.00.